The summed E-state index contributed by atoms with van der Waals surface area (Å²) >= 11 is 0. The number of benzene rings is 2. The minimum absolute atomic E-state index is 0.870. The van der Waals surface area contributed by atoms with Crippen molar-refractivity contribution in [1.82, 2.24) is 4.57 Å². The Balaban J connectivity index is 2.24. The molecule has 0 aliphatic carbocycles. The number of aromatic nitrogens is 1. The highest BCUT2D eigenvalue weighted by Gasteiger charge is 2.12. The van der Waals surface area contributed by atoms with Gasteiger partial charge >= 0.3 is 0 Å². The van der Waals surface area contributed by atoms with Crippen molar-refractivity contribution in [3.8, 4) is 0 Å². The van der Waals surface area contributed by atoms with Crippen molar-refractivity contribution < 1.29 is 0 Å². The molecular formula is C20H19N. The lowest BCUT2D eigenvalue weighted by molar-refractivity contribution is 0.827. The molecule has 1 heterocycles. The number of para-hydroxylation sites is 1. The van der Waals surface area contributed by atoms with E-state index in [9.17, 15) is 0 Å². The topological polar surface area (TPSA) is 4.93 Å². The predicted molar refractivity (Wildman–Crippen MR) is 92.3 cm³/mol. The van der Waals surface area contributed by atoms with Crippen LogP contribution in [0.25, 0.3) is 23.1 Å². The van der Waals surface area contributed by atoms with E-state index in [1.165, 1.54) is 27.7 Å². The van der Waals surface area contributed by atoms with E-state index in [1.54, 1.807) is 0 Å². The fourth-order valence-corrected chi connectivity index (χ4v) is 2.84. The van der Waals surface area contributed by atoms with Crippen LogP contribution in [0.3, 0.4) is 0 Å². The molecule has 0 saturated carbocycles. The molecule has 1 nitrogen and oxygen atoms in total. The molecule has 0 radical (unpaired) electrons. The first-order valence-corrected chi connectivity index (χ1v) is 7.25. The number of fused-ring (bicyclic) bond motifs is 1. The summed E-state index contributed by atoms with van der Waals surface area (Å²) in [6.07, 6.45) is 6.21. The second-order valence-electron chi connectivity index (χ2n) is 5.09. The van der Waals surface area contributed by atoms with Gasteiger partial charge in [-0.25, -0.2) is 0 Å². The standard InChI is InChI=1S/C20H19N/c1-3-10-19-17(4-2)18-13-8-9-14-20(18)21(19)15-16-11-6-5-7-12-16/h3-14H,2,15H2,1H3/b10-3-. The third kappa shape index (κ3) is 2.43. The van der Waals surface area contributed by atoms with Crippen LogP contribution in [0.4, 0.5) is 0 Å². The van der Waals surface area contributed by atoms with E-state index in [0.29, 0.717) is 0 Å². The Hall–Kier alpha value is -2.54. The summed E-state index contributed by atoms with van der Waals surface area (Å²) in [4.78, 5) is 0. The Bertz CT molecular complexity index is 791. The molecule has 1 heteroatoms. The molecule has 0 amide bonds. The van der Waals surface area contributed by atoms with Gasteiger partial charge in [-0.15, -0.1) is 0 Å². The van der Waals surface area contributed by atoms with Gasteiger partial charge in [0.1, 0.15) is 0 Å². The lowest BCUT2D eigenvalue weighted by Gasteiger charge is -2.09. The molecule has 3 aromatic rings. The van der Waals surface area contributed by atoms with Gasteiger partial charge < -0.3 is 4.57 Å². The van der Waals surface area contributed by atoms with Gasteiger partial charge in [0, 0.05) is 28.7 Å². The summed E-state index contributed by atoms with van der Waals surface area (Å²) in [6.45, 7) is 6.92. The maximum atomic E-state index is 4.00. The van der Waals surface area contributed by atoms with E-state index in [-0.39, 0.29) is 0 Å². The molecular weight excluding hydrogens is 254 g/mol. The molecule has 0 N–H and O–H groups in total. The normalized spacial score (nSPS) is 11.3. The number of hydrogen-bond acceptors (Lipinski definition) is 0. The fraction of sp³-hybridized carbons (Fsp3) is 0.100. The van der Waals surface area contributed by atoms with Crippen LogP contribution in [-0.4, -0.2) is 4.57 Å². The Morgan fingerprint density at radius 3 is 2.43 bits per heavy atom. The van der Waals surface area contributed by atoms with Gasteiger partial charge in [-0.05, 0) is 24.6 Å². The van der Waals surface area contributed by atoms with E-state index >= 15 is 0 Å². The highest BCUT2D eigenvalue weighted by atomic mass is 15.0. The third-order valence-electron chi connectivity index (χ3n) is 3.76. The molecule has 1 aromatic heterocycles. The lowest BCUT2D eigenvalue weighted by Crippen LogP contribution is -2.01. The SMILES string of the molecule is C=Cc1c(/C=C\C)n(Cc2ccccc2)c2ccccc12. The average molecular weight is 273 g/mol. The van der Waals surface area contributed by atoms with Crippen LogP contribution in [-0.2, 0) is 6.54 Å². The summed E-state index contributed by atoms with van der Waals surface area (Å²) in [5.74, 6) is 0. The smallest absolute Gasteiger partial charge is 0.0494 e. The minimum Gasteiger partial charge on any atom is -0.336 e. The Morgan fingerprint density at radius 1 is 1.00 bits per heavy atom. The van der Waals surface area contributed by atoms with Gasteiger partial charge in [0.2, 0.25) is 0 Å². The highest BCUT2D eigenvalue weighted by molar-refractivity contribution is 5.93. The first-order chi connectivity index (χ1) is 10.3. The van der Waals surface area contributed by atoms with Crippen LogP contribution in [0.15, 0.2) is 67.3 Å². The van der Waals surface area contributed by atoms with Gasteiger partial charge in [-0.1, -0.05) is 67.3 Å². The first kappa shape index (κ1) is 13.4. The molecule has 104 valence electrons. The molecule has 0 bridgehead atoms. The van der Waals surface area contributed by atoms with E-state index in [4.69, 9.17) is 0 Å². The van der Waals surface area contributed by atoms with E-state index in [0.717, 1.165) is 6.54 Å². The largest absolute Gasteiger partial charge is 0.336 e. The number of nitrogens with zero attached hydrogens (tertiary/aromatic N) is 1. The van der Waals surface area contributed by atoms with Crippen LogP contribution < -0.4 is 0 Å². The minimum atomic E-state index is 0.870. The number of hydrogen-bond donors (Lipinski definition) is 0. The molecule has 3 rings (SSSR count). The molecule has 0 spiro atoms. The van der Waals surface area contributed by atoms with Gasteiger partial charge in [0.25, 0.3) is 0 Å². The Morgan fingerprint density at radius 2 is 1.71 bits per heavy atom. The maximum absolute atomic E-state index is 4.00. The molecule has 21 heavy (non-hydrogen) atoms. The second-order valence-corrected chi connectivity index (χ2v) is 5.09. The van der Waals surface area contributed by atoms with E-state index in [1.807, 2.05) is 6.08 Å². The summed E-state index contributed by atoms with van der Waals surface area (Å²) in [6, 6.07) is 19.1. The lowest BCUT2D eigenvalue weighted by atomic mass is 10.1. The van der Waals surface area contributed by atoms with Crippen molar-refractivity contribution >= 4 is 23.1 Å². The monoisotopic (exact) mass is 273 g/mol. The molecule has 2 aromatic carbocycles. The zero-order valence-electron chi connectivity index (χ0n) is 12.3. The first-order valence-electron chi connectivity index (χ1n) is 7.25. The summed E-state index contributed by atoms with van der Waals surface area (Å²) in [5.41, 5.74) is 4.99. The second kappa shape index (κ2) is 5.84. The van der Waals surface area contributed by atoms with Crippen LogP contribution in [0.1, 0.15) is 23.7 Å². The van der Waals surface area contributed by atoms with Crippen molar-refractivity contribution in [2.75, 3.05) is 0 Å². The quantitative estimate of drug-likeness (QED) is 0.602. The van der Waals surface area contributed by atoms with E-state index in [2.05, 4.69) is 84.8 Å². The molecule has 0 saturated heterocycles. The van der Waals surface area contributed by atoms with Crippen molar-refractivity contribution in [2.45, 2.75) is 13.5 Å². The van der Waals surface area contributed by atoms with Crippen LogP contribution in [0.2, 0.25) is 0 Å². The predicted octanol–water partition coefficient (Wildman–Crippen LogP) is 5.37. The summed E-state index contributed by atoms with van der Waals surface area (Å²) in [7, 11) is 0. The number of allylic oxidation sites excluding steroid dienone is 1. The molecule has 0 aliphatic rings. The van der Waals surface area contributed by atoms with Gasteiger partial charge in [-0.2, -0.15) is 0 Å². The van der Waals surface area contributed by atoms with Gasteiger partial charge in [0.15, 0.2) is 0 Å². The molecule has 0 aliphatic heterocycles. The molecule has 0 atom stereocenters. The highest BCUT2D eigenvalue weighted by Crippen LogP contribution is 2.29. The third-order valence-corrected chi connectivity index (χ3v) is 3.76. The maximum Gasteiger partial charge on any atom is 0.0494 e. The summed E-state index contributed by atoms with van der Waals surface area (Å²) < 4.78 is 2.36. The van der Waals surface area contributed by atoms with Gasteiger partial charge in [0.05, 0.1) is 0 Å². The van der Waals surface area contributed by atoms with E-state index < -0.39 is 0 Å². The Labute approximate surface area is 125 Å². The molecule has 0 fully saturated rings. The van der Waals surface area contributed by atoms with Crippen LogP contribution >= 0.6 is 0 Å². The van der Waals surface area contributed by atoms with Crippen LogP contribution in [0, 0.1) is 0 Å². The Kier molecular flexibility index (Phi) is 3.74. The number of rotatable bonds is 4. The zero-order chi connectivity index (χ0) is 14.7. The summed E-state index contributed by atoms with van der Waals surface area (Å²) in [5, 5.41) is 1.26. The fourth-order valence-electron chi connectivity index (χ4n) is 2.84. The van der Waals surface area contributed by atoms with Crippen molar-refractivity contribution in [1.29, 1.82) is 0 Å². The van der Waals surface area contributed by atoms with Gasteiger partial charge in [-0.3, -0.25) is 0 Å². The average Bonchev–Trinajstić information content (AvgIpc) is 2.82. The van der Waals surface area contributed by atoms with Crippen molar-refractivity contribution in [3.05, 3.63) is 84.1 Å². The zero-order valence-corrected chi connectivity index (χ0v) is 12.3. The van der Waals surface area contributed by atoms with Crippen molar-refractivity contribution in [3.63, 3.8) is 0 Å². The van der Waals surface area contributed by atoms with Crippen molar-refractivity contribution in [2.24, 2.45) is 0 Å². The van der Waals surface area contributed by atoms with Crippen LogP contribution in [0.5, 0.6) is 0 Å². The molecule has 0 unspecified atom stereocenters.